The first-order chi connectivity index (χ1) is 3.46. The average Bonchev–Trinajstić information content (AvgIpc) is 1.25. The van der Waals surface area contributed by atoms with Crippen molar-refractivity contribution in [2.45, 2.75) is 13.8 Å². The van der Waals surface area contributed by atoms with Gasteiger partial charge in [0.25, 0.3) is 0 Å². The SMILES string of the molecule is CC(=O)[O-].CC(=O)[O-].N.[Ni+2]. The summed E-state index contributed by atoms with van der Waals surface area (Å²) in [6.07, 6.45) is 0. The summed E-state index contributed by atoms with van der Waals surface area (Å²) in [5, 5.41) is 17.8. The van der Waals surface area contributed by atoms with Crippen LogP contribution in [0.15, 0.2) is 0 Å². The minimum absolute atomic E-state index is 0. The summed E-state index contributed by atoms with van der Waals surface area (Å²) in [6.45, 7) is 1.94. The molecule has 0 bridgehead atoms. The van der Waals surface area contributed by atoms with Gasteiger partial charge in [-0.25, -0.2) is 0 Å². The van der Waals surface area contributed by atoms with Crippen LogP contribution >= 0.6 is 0 Å². The molecule has 0 saturated heterocycles. The maximum Gasteiger partial charge on any atom is 2.00 e. The Morgan fingerprint density at radius 2 is 1.00 bits per heavy atom. The number of aliphatic carboxylic acids is 2. The van der Waals surface area contributed by atoms with Crippen molar-refractivity contribution < 1.29 is 36.3 Å². The second-order valence-corrected chi connectivity index (χ2v) is 0.983. The Hall–Kier alpha value is -0.606. The second kappa shape index (κ2) is 15.8. The molecule has 0 aromatic heterocycles. The van der Waals surface area contributed by atoms with Crippen molar-refractivity contribution in [1.82, 2.24) is 6.15 Å². The van der Waals surface area contributed by atoms with Gasteiger partial charge in [-0.05, 0) is 13.8 Å². The van der Waals surface area contributed by atoms with Gasteiger partial charge in [0.2, 0.25) is 0 Å². The van der Waals surface area contributed by atoms with Crippen molar-refractivity contribution in [1.29, 1.82) is 0 Å². The number of hydrogen-bond acceptors (Lipinski definition) is 5. The molecule has 0 aromatic rings. The zero-order valence-electron chi connectivity index (χ0n) is 5.66. The first-order valence-corrected chi connectivity index (χ1v) is 1.82. The molecule has 0 aliphatic heterocycles. The largest absolute Gasteiger partial charge is 2.00 e. The molecular formula is C4H9NNiO4. The van der Waals surface area contributed by atoms with Crippen molar-refractivity contribution in [2.24, 2.45) is 0 Å². The molecule has 5 nitrogen and oxygen atoms in total. The first-order valence-electron chi connectivity index (χ1n) is 1.82. The molecule has 0 radical (unpaired) electrons. The molecule has 64 valence electrons. The summed E-state index contributed by atoms with van der Waals surface area (Å²) in [7, 11) is 0. The van der Waals surface area contributed by atoms with Crippen molar-refractivity contribution in [2.75, 3.05) is 0 Å². The van der Waals surface area contributed by atoms with Crippen molar-refractivity contribution in [3.8, 4) is 0 Å². The predicted octanol–water partition coefficient (Wildman–Crippen LogP) is -2.33. The molecule has 0 aliphatic carbocycles. The van der Waals surface area contributed by atoms with Gasteiger partial charge in [-0.1, -0.05) is 0 Å². The fourth-order valence-electron chi connectivity index (χ4n) is 0. The van der Waals surface area contributed by atoms with Crippen molar-refractivity contribution in [3.05, 3.63) is 0 Å². The molecule has 6 heteroatoms. The van der Waals surface area contributed by atoms with E-state index in [-0.39, 0.29) is 22.6 Å². The van der Waals surface area contributed by atoms with E-state index in [0.29, 0.717) is 0 Å². The smallest absolute Gasteiger partial charge is 0.550 e. The van der Waals surface area contributed by atoms with E-state index < -0.39 is 11.9 Å². The van der Waals surface area contributed by atoms with Gasteiger partial charge < -0.3 is 26.0 Å². The Morgan fingerprint density at radius 1 is 1.00 bits per heavy atom. The fraction of sp³-hybridized carbons (Fsp3) is 0.500. The van der Waals surface area contributed by atoms with Gasteiger partial charge in [0.1, 0.15) is 0 Å². The summed E-state index contributed by atoms with van der Waals surface area (Å²) in [5.74, 6) is -2.17. The van der Waals surface area contributed by atoms with Gasteiger partial charge in [0.15, 0.2) is 0 Å². The van der Waals surface area contributed by atoms with E-state index in [1.165, 1.54) is 0 Å². The summed E-state index contributed by atoms with van der Waals surface area (Å²) in [4.78, 5) is 17.8. The van der Waals surface area contributed by atoms with Crippen LogP contribution in [0.3, 0.4) is 0 Å². The Morgan fingerprint density at radius 3 is 1.00 bits per heavy atom. The third-order valence-electron chi connectivity index (χ3n) is 0. The number of carbonyl (C=O) groups is 2. The third kappa shape index (κ3) is 822. The van der Waals surface area contributed by atoms with Crippen LogP contribution in [0.2, 0.25) is 0 Å². The molecule has 0 spiro atoms. The maximum absolute atomic E-state index is 8.89. The van der Waals surface area contributed by atoms with Crippen molar-refractivity contribution >= 4 is 11.9 Å². The molecule has 10 heavy (non-hydrogen) atoms. The molecule has 3 N–H and O–H groups in total. The molecule has 0 saturated carbocycles. The van der Waals surface area contributed by atoms with E-state index >= 15 is 0 Å². The van der Waals surface area contributed by atoms with Gasteiger partial charge in [-0.2, -0.15) is 0 Å². The van der Waals surface area contributed by atoms with Gasteiger partial charge >= 0.3 is 16.5 Å². The van der Waals surface area contributed by atoms with E-state index in [0.717, 1.165) is 13.8 Å². The Bertz CT molecular complexity index is 75.3. The molecule has 0 atom stereocenters. The molecule has 0 fully saturated rings. The van der Waals surface area contributed by atoms with E-state index in [4.69, 9.17) is 19.8 Å². The van der Waals surface area contributed by atoms with E-state index in [9.17, 15) is 0 Å². The summed E-state index contributed by atoms with van der Waals surface area (Å²) >= 11 is 0. The molecule has 0 heterocycles. The van der Waals surface area contributed by atoms with Crippen LogP contribution in [-0.4, -0.2) is 11.9 Å². The topological polar surface area (TPSA) is 115 Å². The second-order valence-electron chi connectivity index (χ2n) is 0.983. The number of rotatable bonds is 0. The molecule has 0 rings (SSSR count). The van der Waals surface area contributed by atoms with Crippen LogP contribution in [0, 0.1) is 0 Å². The zero-order valence-corrected chi connectivity index (χ0v) is 6.64. The van der Waals surface area contributed by atoms with Gasteiger partial charge in [0, 0.05) is 11.9 Å². The zero-order chi connectivity index (χ0) is 7.15. The van der Waals surface area contributed by atoms with Gasteiger partial charge in [-0.15, -0.1) is 0 Å². The molecule has 0 amide bonds. The van der Waals surface area contributed by atoms with E-state index in [1.54, 1.807) is 0 Å². The average molecular weight is 194 g/mol. The fourth-order valence-corrected chi connectivity index (χ4v) is 0. The predicted molar refractivity (Wildman–Crippen MR) is 26.4 cm³/mol. The number of hydrogen-bond donors (Lipinski definition) is 1. The number of carbonyl (C=O) groups excluding carboxylic acids is 2. The van der Waals surface area contributed by atoms with Crippen LogP contribution in [0.5, 0.6) is 0 Å². The molecular weight excluding hydrogens is 185 g/mol. The van der Waals surface area contributed by atoms with Gasteiger partial charge in [0.05, 0.1) is 0 Å². The molecule has 0 aliphatic rings. The molecule has 0 unspecified atom stereocenters. The minimum Gasteiger partial charge on any atom is -0.550 e. The Kier molecular flexibility index (Phi) is 35.9. The van der Waals surface area contributed by atoms with E-state index in [1.807, 2.05) is 0 Å². The number of carboxylic acids is 2. The van der Waals surface area contributed by atoms with Crippen LogP contribution in [0.4, 0.5) is 0 Å². The van der Waals surface area contributed by atoms with E-state index in [2.05, 4.69) is 0 Å². The third-order valence-corrected chi connectivity index (χ3v) is 0. The summed E-state index contributed by atoms with van der Waals surface area (Å²) in [6, 6.07) is 0. The first kappa shape index (κ1) is 22.7. The summed E-state index contributed by atoms with van der Waals surface area (Å²) < 4.78 is 0. The number of carboxylic acid groups (broad SMARTS) is 2. The molecule has 0 aromatic carbocycles. The standard InChI is InChI=1S/2C2H4O2.H3N.Ni/c2*1-2(3)4;;/h2*1H3,(H,3,4);1H3;/q;;;+2/p-2. The van der Waals surface area contributed by atoms with Crippen molar-refractivity contribution in [3.63, 3.8) is 0 Å². The van der Waals surface area contributed by atoms with Crippen LogP contribution in [0.1, 0.15) is 13.8 Å². The van der Waals surface area contributed by atoms with Gasteiger partial charge in [-0.3, -0.25) is 0 Å². The monoisotopic (exact) mass is 193 g/mol. The Balaban J connectivity index is -0.0000000300. The van der Waals surface area contributed by atoms with Crippen LogP contribution in [0.25, 0.3) is 0 Å². The normalized spacial score (nSPS) is 5.00. The van der Waals surface area contributed by atoms with Crippen LogP contribution < -0.4 is 16.4 Å². The van der Waals surface area contributed by atoms with Crippen LogP contribution in [-0.2, 0) is 26.1 Å². The maximum atomic E-state index is 8.89. The quantitative estimate of drug-likeness (QED) is 0.434. The Labute approximate surface area is 68.9 Å². The summed E-state index contributed by atoms with van der Waals surface area (Å²) in [5.41, 5.74) is 0. The minimum atomic E-state index is -1.08.